The number of carbonyl (C=O) groups excluding carboxylic acids is 1. The Morgan fingerprint density at radius 3 is 2.42 bits per heavy atom. The van der Waals surface area contributed by atoms with Crippen LogP contribution in [0.2, 0.25) is 0 Å². The third kappa shape index (κ3) is 3.55. The van der Waals surface area contributed by atoms with Crippen molar-refractivity contribution in [1.29, 1.82) is 5.26 Å². The first-order valence-electron chi connectivity index (χ1n) is 10.4. The minimum atomic E-state index is 0.0159. The zero-order chi connectivity index (χ0) is 21.5. The van der Waals surface area contributed by atoms with E-state index in [2.05, 4.69) is 25.9 Å². The summed E-state index contributed by atoms with van der Waals surface area (Å²) in [6.45, 7) is 5.29. The van der Waals surface area contributed by atoms with E-state index in [0.717, 1.165) is 35.7 Å². The van der Waals surface area contributed by atoms with Crippen LogP contribution in [0.25, 0.3) is 10.6 Å². The Morgan fingerprint density at radius 1 is 1.10 bits per heavy atom. The summed E-state index contributed by atoms with van der Waals surface area (Å²) in [6, 6.07) is 12.0. The molecule has 2 fully saturated rings. The molecular weight excluding hydrogens is 408 g/mol. The van der Waals surface area contributed by atoms with E-state index in [0.29, 0.717) is 29.4 Å². The number of hydrogen-bond donors (Lipinski definition) is 0. The van der Waals surface area contributed by atoms with Crippen molar-refractivity contribution in [3.63, 3.8) is 0 Å². The topological polar surface area (TPSA) is 86.0 Å². The van der Waals surface area contributed by atoms with E-state index in [1.807, 2.05) is 49.1 Å². The monoisotopic (exact) mass is 430 g/mol. The number of rotatable bonds is 3. The first kappa shape index (κ1) is 19.6. The summed E-state index contributed by atoms with van der Waals surface area (Å²) in [6.07, 6.45) is 2.06. The number of aryl methyl sites for hydroxylation is 2. The molecule has 8 heteroatoms. The summed E-state index contributed by atoms with van der Waals surface area (Å²) in [5, 5.41) is 11.5. The zero-order valence-electron chi connectivity index (χ0n) is 17.4. The third-order valence-corrected chi connectivity index (χ3v) is 6.85. The van der Waals surface area contributed by atoms with Crippen LogP contribution in [0.15, 0.2) is 35.7 Å². The van der Waals surface area contributed by atoms with Gasteiger partial charge in [-0.2, -0.15) is 5.26 Å². The van der Waals surface area contributed by atoms with Gasteiger partial charge in [0.15, 0.2) is 5.69 Å². The van der Waals surface area contributed by atoms with Gasteiger partial charge in [-0.05, 0) is 38.8 Å². The number of likely N-dealkylation sites (tertiary alicyclic amines) is 1. The van der Waals surface area contributed by atoms with E-state index in [9.17, 15) is 4.79 Å². The number of anilines is 1. The molecule has 2 aromatic heterocycles. The van der Waals surface area contributed by atoms with Crippen molar-refractivity contribution in [2.24, 2.45) is 0 Å². The number of aromatic nitrogens is 3. The first-order valence-corrected chi connectivity index (χ1v) is 11.3. The van der Waals surface area contributed by atoms with Crippen molar-refractivity contribution in [3.05, 3.63) is 58.4 Å². The normalized spacial score (nSPS) is 20.0. The molecule has 2 unspecified atom stereocenters. The van der Waals surface area contributed by atoms with Crippen LogP contribution in [0.1, 0.15) is 40.3 Å². The highest BCUT2D eigenvalue weighted by molar-refractivity contribution is 7.13. The summed E-state index contributed by atoms with van der Waals surface area (Å²) < 4.78 is 0. The van der Waals surface area contributed by atoms with Gasteiger partial charge in [0.25, 0.3) is 5.91 Å². The first-order chi connectivity index (χ1) is 15.0. The van der Waals surface area contributed by atoms with Gasteiger partial charge in [-0.3, -0.25) is 4.79 Å². The van der Waals surface area contributed by atoms with Gasteiger partial charge in [0, 0.05) is 53.1 Å². The quantitative estimate of drug-likeness (QED) is 0.631. The fourth-order valence-corrected chi connectivity index (χ4v) is 5.48. The van der Waals surface area contributed by atoms with Crippen molar-refractivity contribution in [1.82, 2.24) is 19.9 Å². The third-order valence-electron chi connectivity index (χ3n) is 5.98. The van der Waals surface area contributed by atoms with Crippen molar-refractivity contribution >= 4 is 23.2 Å². The zero-order valence-corrected chi connectivity index (χ0v) is 18.3. The highest BCUT2D eigenvalue weighted by Gasteiger charge is 2.43. The van der Waals surface area contributed by atoms with Gasteiger partial charge in [-0.15, -0.1) is 11.3 Å². The van der Waals surface area contributed by atoms with Gasteiger partial charge in [0.2, 0.25) is 5.95 Å². The molecule has 0 radical (unpaired) electrons. The number of nitriles is 1. The van der Waals surface area contributed by atoms with Gasteiger partial charge in [0.1, 0.15) is 11.1 Å². The molecule has 0 aliphatic carbocycles. The molecule has 1 aromatic carbocycles. The maximum atomic E-state index is 13.5. The Hall–Kier alpha value is -3.31. The Labute approximate surface area is 185 Å². The largest absolute Gasteiger partial charge is 0.334 e. The van der Waals surface area contributed by atoms with E-state index in [1.165, 1.54) is 11.3 Å². The predicted molar refractivity (Wildman–Crippen MR) is 119 cm³/mol. The molecule has 5 rings (SSSR count). The molecule has 3 aromatic rings. The molecule has 0 spiro atoms. The number of carbonyl (C=O) groups is 1. The number of amides is 1. The van der Waals surface area contributed by atoms with Crippen molar-refractivity contribution in [2.45, 2.75) is 38.8 Å². The Bertz CT molecular complexity index is 1160. The van der Waals surface area contributed by atoms with Crippen LogP contribution in [-0.4, -0.2) is 50.9 Å². The molecule has 2 saturated heterocycles. The second kappa shape index (κ2) is 7.75. The molecule has 1 amide bonds. The van der Waals surface area contributed by atoms with Crippen LogP contribution >= 0.6 is 11.3 Å². The molecule has 2 bridgehead atoms. The van der Waals surface area contributed by atoms with Crippen molar-refractivity contribution < 1.29 is 4.79 Å². The van der Waals surface area contributed by atoms with E-state index >= 15 is 0 Å². The average Bonchev–Trinajstić information content (AvgIpc) is 3.34. The Balaban J connectivity index is 1.41. The summed E-state index contributed by atoms with van der Waals surface area (Å²) in [5.74, 6) is 0.798. The highest BCUT2D eigenvalue weighted by Crippen LogP contribution is 2.35. The van der Waals surface area contributed by atoms with Crippen molar-refractivity contribution in [3.8, 4) is 16.6 Å². The SMILES string of the molecule is Cc1cc(C)nc(N2C3CCC2CN(C(=O)c2ccccc2-c2nc(C#N)cs2)C3)n1. The van der Waals surface area contributed by atoms with Crippen LogP contribution in [0, 0.1) is 25.2 Å². The van der Waals surface area contributed by atoms with Gasteiger partial charge in [-0.25, -0.2) is 15.0 Å². The van der Waals surface area contributed by atoms with E-state index in [4.69, 9.17) is 5.26 Å². The number of nitrogens with zero attached hydrogens (tertiary/aromatic N) is 6. The average molecular weight is 431 g/mol. The number of hydrogen-bond acceptors (Lipinski definition) is 7. The molecule has 2 aliphatic heterocycles. The molecule has 2 atom stereocenters. The van der Waals surface area contributed by atoms with Gasteiger partial charge >= 0.3 is 0 Å². The lowest BCUT2D eigenvalue weighted by atomic mass is 10.1. The molecule has 0 saturated carbocycles. The minimum Gasteiger partial charge on any atom is -0.334 e. The number of benzene rings is 1. The molecule has 0 N–H and O–H groups in total. The van der Waals surface area contributed by atoms with Crippen molar-refractivity contribution in [2.75, 3.05) is 18.0 Å². The smallest absolute Gasteiger partial charge is 0.254 e. The second-order valence-corrected chi connectivity index (χ2v) is 9.01. The summed E-state index contributed by atoms with van der Waals surface area (Å²) in [4.78, 5) is 31.5. The lowest BCUT2D eigenvalue weighted by Gasteiger charge is -2.41. The van der Waals surface area contributed by atoms with E-state index in [-0.39, 0.29) is 18.0 Å². The lowest BCUT2D eigenvalue weighted by Crippen LogP contribution is -2.56. The molecule has 7 nitrogen and oxygen atoms in total. The standard InChI is InChI=1S/C23H22N6OS/c1-14-9-15(2)26-23(25-14)29-17-7-8-18(29)12-28(11-17)22(30)20-6-4-3-5-19(20)21-27-16(10-24)13-31-21/h3-6,9,13,17-18H,7-8,11-12H2,1-2H3. The maximum Gasteiger partial charge on any atom is 0.254 e. The molecule has 2 aliphatic rings. The number of fused-ring (bicyclic) bond motifs is 2. The van der Waals surface area contributed by atoms with Crippen LogP contribution in [0.3, 0.4) is 0 Å². The molecule has 31 heavy (non-hydrogen) atoms. The molecular formula is C23H22N6OS. The van der Waals surface area contributed by atoms with Gasteiger partial charge in [-0.1, -0.05) is 18.2 Å². The molecule has 4 heterocycles. The van der Waals surface area contributed by atoms with Crippen LogP contribution in [0.4, 0.5) is 5.95 Å². The summed E-state index contributed by atoms with van der Waals surface area (Å²) in [7, 11) is 0. The summed E-state index contributed by atoms with van der Waals surface area (Å²) >= 11 is 1.39. The minimum absolute atomic E-state index is 0.0159. The number of piperazine rings is 1. The lowest BCUT2D eigenvalue weighted by molar-refractivity contribution is 0.0717. The summed E-state index contributed by atoms with van der Waals surface area (Å²) in [5.41, 5.74) is 3.73. The molecule has 156 valence electrons. The second-order valence-electron chi connectivity index (χ2n) is 8.15. The van der Waals surface area contributed by atoms with E-state index < -0.39 is 0 Å². The maximum absolute atomic E-state index is 13.5. The predicted octanol–water partition coefficient (Wildman–Crippen LogP) is 3.58. The van der Waals surface area contributed by atoms with Gasteiger partial charge in [0.05, 0.1) is 0 Å². The fraction of sp³-hybridized carbons (Fsp3) is 0.348. The van der Waals surface area contributed by atoms with Crippen LogP contribution in [0.5, 0.6) is 0 Å². The fourth-order valence-electron chi connectivity index (χ4n) is 4.69. The van der Waals surface area contributed by atoms with Crippen LogP contribution in [-0.2, 0) is 0 Å². The number of thiazole rings is 1. The Morgan fingerprint density at radius 2 is 1.77 bits per heavy atom. The van der Waals surface area contributed by atoms with Crippen LogP contribution < -0.4 is 4.90 Å². The van der Waals surface area contributed by atoms with E-state index in [1.54, 1.807) is 5.38 Å². The highest BCUT2D eigenvalue weighted by atomic mass is 32.1. The Kier molecular flexibility index (Phi) is 4.91. The van der Waals surface area contributed by atoms with Gasteiger partial charge < -0.3 is 9.80 Å².